The van der Waals surface area contributed by atoms with Crippen LogP contribution in [0.5, 0.6) is 0 Å². The highest BCUT2D eigenvalue weighted by Crippen LogP contribution is 2.28. The highest BCUT2D eigenvalue weighted by molar-refractivity contribution is 5.95. The molecule has 0 bridgehead atoms. The zero-order valence-electron chi connectivity index (χ0n) is 16.5. The molecule has 0 saturated carbocycles. The van der Waals surface area contributed by atoms with Gasteiger partial charge in [-0.1, -0.05) is 55.0 Å². The molecule has 0 amide bonds. The fraction of sp³-hybridized carbons (Fsp3) is 0.273. The van der Waals surface area contributed by atoms with Gasteiger partial charge < -0.3 is 9.47 Å². The van der Waals surface area contributed by atoms with E-state index in [1.165, 1.54) is 6.08 Å². The maximum absolute atomic E-state index is 12.4. The zero-order chi connectivity index (χ0) is 21.4. The summed E-state index contributed by atoms with van der Waals surface area (Å²) in [5, 5.41) is 11.6. The summed E-state index contributed by atoms with van der Waals surface area (Å²) in [5.74, 6) is -2.80. The van der Waals surface area contributed by atoms with Gasteiger partial charge in [0.25, 0.3) is 0 Å². The van der Waals surface area contributed by atoms with Crippen LogP contribution < -0.4 is 0 Å². The van der Waals surface area contributed by atoms with E-state index in [-0.39, 0.29) is 17.7 Å². The van der Waals surface area contributed by atoms with E-state index < -0.39 is 28.8 Å². The number of rotatable bonds is 8. The van der Waals surface area contributed by atoms with Gasteiger partial charge in [-0.15, -0.1) is 0 Å². The van der Waals surface area contributed by atoms with Crippen LogP contribution in [0.1, 0.15) is 40.7 Å². The molecule has 0 heterocycles. The lowest BCUT2D eigenvalue weighted by Gasteiger charge is -2.19. The average Bonchev–Trinajstić information content (AvgIpc) is 2.73. The number of carbonyl (C=O) groups excluding carboxylic acids is 2. The third-order valence-corrected chi connectivity index (χ3v) is 4.50. The Morgan fingerprint density at radius 2 is 1.72 bits per heavy atom. The van der Waals surface area contributed by atoms with Crippen LogP contribution in [0.25, 0.3) is 0 Å². The van der Waals surface area contributed by atoms with Crippen LogP contribution in [-0.2, 0) is 14.3 Å². The van der Waals surface area contributed by atoms with Gasteiger partial charge in [-0.05, 0) is 30.7 Å². The molecule has 0 saturated heterocycles. The van der Waals surface area contributed by atoms with E-state index in [9.17, 15) is 19.7 Å². The van der Waals surface area contributed by atoms with Gasteiger partial charge in [-0.25, -0.2) is 9.59 Å². The first-order chi connectivity index (χ1) is 13.9. The largest absolute Gasteiger partial charge is 0.463 e. The summed E-state index contributed by atoms with van der Waals surface area (Å²) >= 11 is 0. The fourth-order valence-corrected chi connectivity index (χ4v) is 2.89. The van der Waals surface area contributed by atoms with Gasteiger partial charge in [0.1, 0.15) is 0 Å². The Morgan fingerprint density at radius 1 is 1.10 bits per heavy atom. The molecular weight excluding hydrogens is 374 g/mol. The third kappa shape index (κ3) is 5.75. The van der Waals surface area contributed by atoms with Crippen molar-refractivity contribution in [2.75, 3.05) is 7.11 Å². The summed E-state index contributed by atoms with van der Waals surface area (Å²) in [7, 11) is 1.15. The molecule has 0 aliphatic carbocycles. The number of carbonyl (C=O) groups is 2. The molecule has 2 aromatic carbocycles. The van der Waals surface area contributed by atoms with Crippen molar-refractivity contribution in [1.29, 1.82) is 0 Å². The number of benzene rings is 2. The molecule has 152 valence electrons. The number of aryl methyl sites for hydroxylation is 1. The molecule has 0 aliphatic heterocycles. The van der Waals surface area contributed by atoms with Crippen LogP contribution >= 0.6 is 0 Å². The molecule has 0 aliphatic rings. The number of nitro groups is 1. The van der Waals surface area contributed by atoms with E-state index >= 15 is 0 Å². The number of ether oxygens (including phenoxy) is 2. The quantitative estimate of drug-likeness (QED) is 0.219. The Labute approximate surface area is 169 Å². The van der Waals surface area contributed by atoms with E-state index in [0.717, 1.165) is 12.7 Å². The maximum atomic E-state index is 12.4. The van der Waals surface area contributed by atoms with Crippen molar-refractivity contribution in [3.05, 3.63) is 93.2 Å². The van der Waals surface area contributed by atoms with E-state index in [1.54, 1.807) is 49.4 Å². The standard InChI is InChI=1S/C22H23NO6/c1-4-19(23(26)27)18(16-12-10-15(2)11-13-16)14-20(22(25)28-3)29-21(24)17-8-6-5-7-9-17/h5-14,18-19H,4H2,1-3H3/b20-14-/t18-,19?/m1/s1. The van der Waals surface area contributed by atoms with E-state index in [0.29, 0.717) is 5.56 Å². The first-order valence-electron chi connectivity index (χ1n) is 9.14. The van der Waals surface area contributed by atoms with Crippen LogP contribution in [0, 0.1) is 17.0 Å². The van der Waals surface area contributed by atoms with Crippen molar-refractivity contribution >= 4 is 11.9 Å². The molecule has 2 aromatic rings. The second-order valence-corrected chi connectivity index (χ2v) is 6.48. The summed E-state index contributed by atoms with van der Waals surface area (Å²) in [4.78, 5) is 35.9. The Balaban J connectivity index is 2.48. The maximum Gasteiger partial charge on any atom is 0.373 e. The summed E-state index contributed by atoms with van der Waals surface area (Å²) in [6, 6.07) is 14.3. The minimum atomic E-state index is -1.01. The monoisotopic (exact) mass is 397 g/mol. The van der Waals surface area contributed by atoms with Crippen molar-refractivity contribution in [3.63, 3.8) is 0 Å². The lowest BCUT2D eigenvalue weighted by atomic mass is 9.89. The highest BCUT2D eigenvalue weighted by atomic mass is 16.6. The Kier molecular flexibility index (Phi) is 7.65. The van der Waals surface area contributed by atoms with Gasteiger partial charge in [-0.3, -0.25) is 10.1 Å². The van der Waals surface area contributed by atoms with Crippen LogP contribution in [0.4, 0.5) is 0 Å². The van der Waals surface area contributed by atoms with E-state index in [2.05, 4.69) is 0 Å². The predicted molar refractivity (Wildman–Crippen MR) is 107 cm³/mol. The molecule has 2 rings (SSSR count). The number of methoxy groups -OCH3 is 1. The Morgan fingerprint density at radius 3 is 2.24 bits per heavy atom. The number of esters is 2. The first kappa shape index (κ1) is 21.8. The van der Waals surface area contributed by atoms with Gasteiger partial charge in [0, 0.05) is 11.3 Å². The van der Waals surface area contributed by atoms with Gasteiger partial charge >= 0.3 is 11.9 Å². The molecule has 0 radical (unpaired) electrons. The molecule has 0 spiro atoms. The lowest BCUT2D eigenvalue weighted by molar-refractivity contribution is -0.525. The van der Waals surface area contributed by atoms with Crippen molar-refractivity contribution in [1.82, 2.24) is 0 Å². The molecule has 0 aromatic heterocycles. The molecule has 7 nitrogen and oxygen atoms in total. The van der Waals surface area contributed by atoms with Crippen LogP contribution in [-0.4, -0.2) is 30.0 Å². The molecule has 7 heteroatoms. The lowest BCUT2D eigenvalue weighted by Crippen LogP contribution is -2.27. The normalized spacial score (nSPS) is 13.3. The van der Waals surface area contributed by atoms with Gasteiger partial charge in [0.2, 0.25) is 11.8 Å². The predicted octanol–water partition coefficient (Wildman–Crippen LogP) is 4.05. The van der Waals surface area contributed by atoms with Crippen molar-refractivity contribution in [3.8, 4) is 0 Å². The van der Waals surface area contributed by atoms with Crippen molar-refractivity contribution < 1.29 is 24.0 Å². The molecule has 29 heavy (non-hydrogen) atoms. The number of hydrogen-bond donors (Lipinski definition) is 0. The molecule has 0 fully saturated rings. The summed E-state index contributed by atoms with van der Waals surface area (Å²) in [5.41, 5.74) is 1.88. The smallest absolute Gasteiger partial charge is 0.373 e. The molecule has 2 atom stereocenters. The second-order valence-electron chi connectivity index (χ2n) is 6.48. The Bertz CT molecular complexity index is 889. The Hall–Kier alpha value is -3.48. The van der Waals surface area contributed by atoms with Gasteiger partial charge in [0.05, 0.1) is 18.6 Å². The highest BCUT2D eigenvalue weighted by Gasteiger charge is 2.32. The zero-order valence-corrected chi connectivity index (χ0v) is 16.5. The number of hydrogen-bond acceptors (Lipinski definition) is 6. The van der Waals surface area contributed by atoms with Crippen molar-refractivity contribution in [2.45, 2.75) is 32.2 Å². The summed E-state index contributed by atoms with van der Waals surface area (Å²) in [6.07, 6.45) is 1.53. The van der Waals surface area contributed by atoms with Gasteiger partial charge in [0.15, 0.2) is 0 Å². The summed E-state index contributed by atoms with van der Waals surface area (Å²) in [6.45, 7) is 3.59. The van der Waals surface area contributed by atoms with E-state index in [4.69, 9.17) is 9.47 Å². The molecule has 0 N–H and O–H groups in total. The SMILES string of the molecule is CCC([C@H](/C=C(\OC(=O)c1ccccc1)C(=O)OC)c1ccc(C)cc1)[N+](=O)[O-]. The van der Waals surface area contributed by atoms with Crippen LogP contribution in [0.3, 0.4) is 0 Å². The molecular formula is C22H23NO6. The minimum absolute atomic E-state index is 0.225. The van der Waals surface area contributed by atoms with E-state index in [1.807, 2.05) is 19.1 Å². The average molecular weight is 397 g/mol. The second kappa shape index (κ2) is 10.2. The first-order valence-corrected chi connectivity index (χ1v) is 9.14. The fourth-order valence-electron chi connectivity index (χ4n) is 2.89. The topological polar surface area (TPSA) is 95.7 Å². The molecule has 1 unspecified atom stereocenters. The van der Waals surface area contributed by atoms with Crippen LogP contribution in [0.15, 0.2) is 66.4 Å². The van der Waals surface area contributed by atoms with Crippen LogP contribution in [0.2, 0.25) is 0 Å². The summed E-state index contributed by atoms with van der Waals surface area (Å²) < 4.78 is 9.99. The minimum Gasteiger partial charge on any atom is -0.463 e. The van der Waals surface area contributed by atoms with Crippen molar-refractivity contribution in [2.24, 2.45) is 0 Å². The third-order valence-electron chi connectivity index (χ3n) is 4.50. The van der Waals surface area contributed by atoms with Gasteiger partial charge in [-0.2, -0.15) is 0 Å². The number of nitrogens with zero attached hydrogens (tertiary/aromatic N) is 1.